The second kappa shape index (κ2) is 8.31. The van der Waals surface area contributed by atoms with Gasteiger partial charge in [0, 0.05) is 6.54 Å². The molecule has 1 fully saturated rings. The van der Waals surface area contributed by atoms with Gasteiger partial charge in [0.2, 0.25) is 11.8 Å². The van der Waals surface area contributed by atoms with E-state index in [1.807, 2.05) is 32.0 Å². The second-order valence-corrected chi connectivity index (χ2v) is 6.56. The predicted octanol–water partition coefficient (Wildman–Crippen LogP) is 0.520. The van der Waals surface area contributed by atoms with Crippen molar-refractivity contribution in [1.29, 1.82) is 0 Å². The van der Waals surface area contributed by atoms with Crippen LogP contribution in [0.2, 0.25) is 0 Å². The Labute approximate surface area is 148 Å². The summed E-state index contributed by atoms with van der Waals surface area (Å²) >= 11 is 0. The van der Waals surface area contributed by atoms with Crippen LogP contribution < -0.4 is 5.32 Å². The molecule has 1 aliphatic heterocycles. The fourth-order valence-electron chi connectivity index (χ4n) is 3.24. The molecule has 2 amide bonds. The van der Waals surface area contributed by atoms with E-state index in [1.54, 1.807) is 0 Å². The summed E-state index contributed by atoms with van der Waals surface area (Å²) in [7, 11) is -1.69. The van der Waals surface area contributed by atoms with E-state index in [2.05, 4.69) is 11.9 Å². The van der Waals surface area contributed by atoms with Crippen LogP contribution in [-0.2, 0) is 16.0 Å². The van der Waals surface area contributed by atoms with Gasteiger partial charge in [0.1, 0.15) is 6.04 Å². The number of hydrogen-bond donors (Lipinski definition) is 3. The summed E-state index contributed by atoms with van der Waals surface area (Å²) in [6, 6.07) is 5.30. The standard InChI is InChI=1S/C18H25BN2O4/c1-4-17(22)21-9-5-6-15(21)18(23)20-16(19(24)25)11-14-8-7-12(2)10-13(14)3/h4,7-8,10,15-16,24-25H,1,5-6,9,11H2,2-3H3,(H,20,23). The highest BCUT2D eigenvalue weighted by Crippen LogP contribution is 2.19. The minimum Gasteiger partial charge on any atom is -0.426 e. The van der Waals surface area contributed by atoms with Crippen molar-refractivity contribution in [2.75, 3.05) is 6.54 Å². The number of nitrogens with zero attached hydrogens (tertiary/aromatic N) is 1. The number of hydrogen-bond acceptors (Lipinski definition) is 4. The quantitative estimate of drug-likeness (QED) is 0.518. The van der Waals surface area contributed by atoms with E-state index in [-0.39, 0.29) is 11.8 Å². The van der Waals surface area contributed by atoms with Crippen LogP contribution in [0.3, 0.4) is 0 Å². The molecule has 25 heavy (non-hydrogen) atoms. The summed E-state index contributed by atoms with van der Waals surface area (Å²) in [6.45, 7) is 7.90. The van der Waals surface area contributed by atoms with E-state index >= 15 is 0 Å². The summed E-state index contributed by atoms with van der Waals surface area (Å²) in [4.78, 5) is 25.9. The molecule has 1 heterocycles. The second-order valence-electron chi connectivity index (χ2n) is 6.56. The highest BCUT2D eigenvalue weighted by Gasteiger charge is 2.35. The summed E-state index contributed by atoms with van der Waals surface area (Å²) in [6.07, 6.45) is 2.79. The molecule has 0 radical (unpaired) electrons. The molecule has 2 atom stereocenters. The average molecular weight is 344 g/mol. The molecule has 134 valence electrons. The van der Waals surface area contributed by atoms with Crippen LogP contribution in [0, 0.1) is 13.8 Å². The zero-order valence-corrected chi connectivity index (χ0v) is 14.7. The maximum Gasteiger partial charge on any atom is 0.475 e. The lowest BCUT2D eigenvalue weighted by Gasteiger charge is -2.26. The van der Waals surface area contributed by atoms with Gasteiger partial charge in [-0.15, -0.1) is 0 Å². The van der Waals surface area contributed by atoms with Crippen molar-refractivity contribution in [3.05, 3.63) is 47.5 Å². The van der Waals surface area contributed by atoms with E-state index in [1.165, 1.54) is 11.0 Å². The van der Waals surface area contributed by atoms with Gasteiger partial charge in [-0.1, -0.05) is 30.3 Å². The number of nitrogens with one attached hydrogen (secondary N) is 1. The van der Waals surface area contributed by atoms with Crippen LogP contribution in [0.25, 0.3) is 0 Å². The fourth-order valence-corrected chi connectivity index (χ4v) is 3.24. The van der Waals surface area contributed by atoms with Crippen LogP contribution in [0.4, 0.5) is 0 Å². The third kappa shape index (κ3) is 4.71. The van der Waals surface area contributed by atoms with Gasteiger partial charge in [0.05, 0.1) is 5.94 Å². The maximum atomic E-state index is 12.6. The average Bonchev–Trinajstić information content (AvgIpc) is 3.05. The first kappa shape index (κ1) is 19.2. The van der Waals surface area contributed by atoms with Crippen molar-refractivity contribution in [1.82, 2.24) is 10.2 Å². The van der Waals surface area contributed by atoms with Crippen LogP contribution in [0.5, 0.6) is 0 Å². The molecule has 2 unspecified atom stereocenters. The largest absolute Gasteiger partial charge is 0.475 e. The molecule has 2 rings (SSSR count). The number of likely N-dealkylation sites (tertiary alicyclic amines) is 1. The molecular weight excluding hydrogens is 319 g/mol. The molecule has 0 spiro atoms. The molecule has 3 N–H and O–H groups in total. The number of carbonyl (C=O) groups is 2. The van der Waals surface area contributed by atoms with Crippen molar-refractivity contribution in [2.45, 2.75) is 45.1 Å². The Morgan fingerprint density at radius 2 is 2.16 bits per heavy atom. The monoisotopic (exact) mass is 344 g/mol. The molecule has 0 aromatic heterocycles. The Morgan fingerprint density at radius 3 is 2.76 bits per heavy atom. The Bertz CT molecular complexity index is 662. The summed E-state index contributed by atoms with van der Waals surface area (Å²) in [5.74, 6) is -1.49. The SMILES string of the molecule is C=CC(=O)N1CCCC1C(=O)NC(Cc1ccc(C)cc1C)B(O)O. The molecular formula is C18H25BN2O4. The van der Waals surface area contributed by atoms with E-state index in [4.69, 9.17) is 0 Å². The smallest absolute Gasteiger partial charge is 0.426 e. The maximum absolute atomic E-state index is 12.6. The number of benzene rings is 1. The van der Waals surface area contributed by atoms with Crippen LogP contribution in [0.15, 0.2) is 30.9 Å². The van der Waals surface area contributed by atoms with E-state index in [0.717, 1.165) is 23.1 Å². The van der Waals surface area contributed by atoms with Gasteiger partial charge in [-0.05, 0) is 50.3 Å². The normalized spacial score (nSPS) is 17.9. The Hall–Kier alpha value is -2.12. The molecule has 7 heteroatoms. The van der Waals surface area contributed by atoms with Gasteiger partial charge in [0.15, 0.2) is 0 Å². The number of aryl methyl sites for hydroxylation is 2. The molecule has 6 nitrogen and oxygen atoms in total. The van der Waals surface area contributed by atoms with E-state index in [0.29, 0.717) is 19.4 Å². The highest BCUT2D eigenvalue weighted by atomic mass is 16.4. The Morgan fingerprint density at radius 1 is 1.44 bits per heavy atom. The highest BCUT2D eigenvalue weighted by molar-refractivity contribution is 6.43. The Kier molecular flexibility index (Phi) is 6.39. The molecule has 0 aliphatic carbocycles. The molecule has 1 saturated heterocycles. The minimum atomic E-state index is -1.69. The summed E-state index contributed by atoms with van der Waals surface area (Å²) in [5, 5.41) is 22.0. The molecule has 0 bridgehead atoms. The van der Waals surface area contributed by atoms with Crippen molar-refractivity contribution in [3.63, 3.8) is 0 Å². The van der Waals surface area contributed by atoms with Gasteiger partial charge in [-0.2, -0.15) is 0 Å². The summed E-state index contributed by atoms with van der Waals surface area (Å²) in [5.41, 5.74) is 3.09. The molecule has 0 saturated carbocycles. The fraction of sp³-hybridized carbons (Fsp3) is 0.444. The van der Waals surface area contributed by atoms with Crippen LogP contribution >= 0.6 is 0 Å². The van der Waals surface area contributed by atoms with Crippen LogP contribution in [0.1, 0.15) is 29.5 Å². The first-order chi connectivity index (χ1) is 11.8. The van der Waals surface area contributed by atoms with Crippen molar-refractivity contribution in [2.24, 2.45) is 0 Å². The molecule has 1 aromatic carbocycles. The predicted molar refractivity (Wildman–Crippen MR) is 96.7 cm³/mol. The first-order valence-electron chi connectivity index (χ1n) is 8.49. The zero-order chi connectivity index (χ0) is 18.6. The number of rotatable bonds is 6. The van der Waals surface area contributed by atoms with E-state index < -0.39 is 19.1 Å². The lowest BCUT2D eigenvalue weighted by Crippen LogP contribution is -2.54. The molecule has 1 aliphatic rings. The van der Waals surface area contributed by atoms with Gasteiger partial charge in [0.25, 0.3) is 0 Å². The number of amides is 2. The van der Waals surface area contributed by atoms with Gasteiger partial charge >= 0.3 is 7.12 Å². The van der Waals surface area contributed by atoms with Gasteiger partial charge in [-0.3, -0.25) is 9.59 Å². The van der Waals surface area contributed by atoms with Crippen LogP contribution in [-0.4, -0.2) is 52.4 Å². The van der Waals surface area contributed by atoms with Gasteiger partial charge in [-0.25, -0.2) is 0 Å². The van der Waals surface area contributed by atoms with Gasteiger partial charge < -0.3 is 20.3 Å². The first-order valence-corrected chi connectivity index (χ1v) is 8.49. The lowest BCUT2D eigenvalue weighted by atomic mass is 9.75. The number of carbonyl (C=O) groups excluding carboxylic acids is 2. The lowest BCUT2D eigenvalue weighted by molar-refractivity contribution is -0.135. The zero-order valence-electron chi connectivity index (χ0n) is 14.7. The molecule has 1 aromatic rings. The van der Waals surface area contributed by atoms with E-state index in [9.17, 15) is 19.6 Å². The van der Waals surface area contributed by atoms with Crippen molar-refractivity contribution in [3.8, 4) is 0 Å². The third-order valence-corrected chi connectivity index (χ3v) is 4.64. The minimum absolute atomic E-state index is 0.284. The Balaban J connectivity index is 2.09. The summed E-state index contributed by atoms with van der Waals surface area (Å²) < 4.78 is 0. The third-order valence-electron chi connectivity index (χ3n) is 4.64. The van der Waals surface area contributed by atoms with Crippen molar-refractivity contribution >= 4 is 18.9 Å². The van der Waals surface area contributed by atoms with Crippen molar-refractivity contribution < 1.29 is 19.6 Å². The topological polar surface area (TPSA) is 89.9 Å².